The second-order valence-corrected chi connectivity index (χ2v) is 8.15. The number of fused-ring (bicyclic) bond motifs is 1. The number of rotatable bonds is 8. The fourth-order valence-electron chi connectivity index (χ4n) is 4.34. The Morgan fingerprint density at radius 3 is 2.31 bits per heavy atom. The molecule has 2 aromatic carbocycles. The van der Waals surface area contributed by atoms with Crippen molar-refractivity contribution in [2.45, 2.75) is 6.54 Å². The number of methoxy groups -OCH3 is 3. The molecule has 1 N–H and O–H groups in total. The number of benzene rings is 2. The number of nitrogens with one attached hydrogen (secondary N) is 1. The van der Waals surface area contributed by atoms with E-state index in [1.807, 2.05) is 28.9 Å². The predicted octanol–water partition coefficient (Wildman–Crippen LogP) is 3.87. The highest BCUT2D eigenvalue weighted by molar-refractivity contribution is 5.71. The number of morpholine rings is 1. The predicted molar refractivity (Wildman–Crippen MR) is 135 cm³/mol. The van der Waals surface area contributed by atoms with Crippen LogP contribution in [0.1, 0.15) is 5.56 Å². The van der Waals surface area contributed by atoms with Crippen LogP contribution in [0.3, 0.4) is 0 Å². The van der Waals surface area contributed by atoms with Crippen molar-refractivity contribution in [1.29, 1.82) is 0 Å². The lowest BCUT2D eigenvalue weighted by Crippen LogP contribution is -2.36. The molecule has 4 aromatic rings. The van der Waals surface area contributed by atoms with Gasteiger partial charge in [0.2, 0.25) is 5.75 Å². The van der Waals surface area contributed by atoms with Crippen LogP contribution in [0.25, 0.3) is 16.9 Å². The molecule has 0 unspecified atom stereocenters. The van der Waals surface area contributed by atoms with Crippen molar-refractivity contribution in [3.05, 3.63) is 60.6 Å². The zero-order valence-corrected chi connectivity index (χ0v) is 20.2. The summed E-state index contributed by atoms with van der Waals surface area (Å²) < 4.78 is 23.9. The summed E-state index contributed by atoms with van der Waals surface area (Å²) in [5.41, 5.74) is 4.98. The van der Waals surface area contributed by atoms with Gasteiger partial charge in [0.15, 0.2) is 23.0 Å². The SMILES string of the molecule is COc1cc(CNc2ncc(-c3ccc(N4CCOCC4)cc3)n3ccnc23)cc(OC)c1OC. The van der Waals surface area contributed by atoms with E-state index in [1.54, 1.807) is 27.5 Å². The molecule has 1 saturated heterocycles. The molecule has 1 aliphatic rings. The fourth-order valence-corrected chi connectivity index (χ4v) is 4.34. The first kappa shape index (κ1) is 22.8. The molecule has 0 atom stereocenters. The van der Waals surface area contributed by atoms with Gasteiger partial charge in [0, 0.05) is 43.3 Å². The van der Waals surface area contributed by atoms with Crippen molar-refractivity contribution in [2.24, 2.45) is 0 Å². The van der Waals surface area contributed by atoms with Crippen molar-refractivity contribution in [3.63, 3.8) is 0 Å². The zero-order valence-electron chi connectivity index (χ0n) is 20.2. The Kier molecular flexibility index (Phi) is 6.58. The normalized spacial score (nSPS) is 13.6. The minimum atomic E-state index is 0.514. The molecule has 35 heavy (non-hydrogen) atoms. The molecule has 2 aromatic heterocycles. The second-order valence-electron chi connectivity index (χ2n) is 8.15. The molecule has 1 aliphatic heterocycles. The number of hydrogen-bond donors (Lipinski definition) is 1. The molecule has 0 amide bonds. The number of ether oxygens (including phenoxy) is 4. The highest BCUT2D eigenvalue weighted by atomic mass is 16.5. The van der Waals surface area contributed by atoms with E-state index in [-0.39, 0.29) is 0 Å². The van der Waals surface area contributed by atoms with E-state index >= 15 is 0 Å². The maximum atomic E-state index is 5.47. The lowest BCUT2D eigenvalue weighted by molar-refractivity contribution is 0.122. The second kappa shape index (κ2) is 10.1. The summed E-state index contributed by atoms with van der Waals surface area (Å²) in [7, 11) is 4.81. The summed E-state index contributed by atoms with van der Waals surface area (Å²) in [6.07, 6.45) is 5.61. The van der Waals surface area contributed by atoms with Crippen molar-refractivity contribution in [1.82, 2.24) is 14.4 Å². The van der Waals surface area contributed by atoms with Gasteiger partial charge in [-0.2, -0.15) is 0 Å². The van der Waals surface area contributed by atoms with Crippen LogP contribution in [0.15, 0.2) is 55.0 Å². The number of anilines is 2. The van der Waals surface area contributed by atoms with Gasteiger partial charge in [0.25, 0.3) is 0 Å². The number of nitrogens with zero attached hydrogens (tertiary/aromatic N) is 4. The van der Waals surface area contributed by atoms with Gasteiger partial charge in [-0.3, -0.25) is 4.40 Å². The average Bonchev–Trinajstić information content (AvgIpc) is 3.42. The van der Waals surface area contributed by atoms with Gasteiger partial charge in [0.1, 0.15) is 0 Å². The number of hydrogen-bond acceptors (Lipinski definition) is 8. The third-order valence-corrected chi connectivity index (χ3v) is 6.15. The van der Waals surface area contributed by atoms with Crippen LogP contribution in [-0.2, 0) is 11.3 Å². The number of aromatic nitrogens is 3. The first-order valence-corrected chi connectivity index (χ1v) is 11.5. The fraction of sp³-hybridized carbons (Fsp3) is 0.308. The Bertz CT molecular complexity index is 1270. The van der Waals surface area contributed by atoms with E-state index < -0.39 is 0 Å². The highest BCUT2D eigenvalue weighted by Gasteiger charge is 2.15. The molecule has 0 radical (unpaired) electrons. The Hall–Kier alpha value is -3.98. The molecule has 0 bridgehead atoms. The third kappa shape index (κ3) is 4.54. The summed E-state index contributed by atoms with van der Waals surface area (Å²) in [5.74, 6) is 2.48. The molecular formula is C26H29N5O4. The van der Waals surface area contributed by atoms with E-state index in [2.05, 4.69) is 39.5 Å². The smallest absolute Gasteiger partial charge is 0.203 e. The summed E-state index contributed by atoms with van der Waals surface area (Å²) in [6, 6.07) is 12.4. The molecule has 3 heterocycles. The molecule has 182 valence electrons. The first-order valence-electron chi connectivity index (χ1n) is 11.5. The van der Waals surface area contributed by atoms with E-state index in [4.69, 9.17) is 23.9 Å². The molecule has 9 heteroatoms. The summed E-state index contributed by atoms with van der Waals surface area (Å²) in [5, 5.41) is 3.40. The monoisotopic (exact) mass is 475 g/mol. The highest BCUT2D eigenvalue weighted by Crippen LogP contribution is 2.38. The third-order valence-electron chi connectivity index (χ3n) is 6.15. The standard InChI is InChI=1S/C26H29N5O4/c1-32-22-14-18(15-23(33-2)24(22)34-3)16-28-25-26-27-8-9-31(26)21(17-29-25)19-4-6-20(7-5-19)30-10-12-35-13-11-30/h4-9,14-15,17H,10-13,16H2,1-3H3,(H,28,29). The van der Waals surface area contributed by atoms with Crippen LogP contribution < -0.4 is 24.4 Å². The van der Waals surface area contributed by atoms with Crippen LogP contribution in [0.4, 0.5) is 11.5 Å². The summed E-state index contributed by atoms with van der Waals surface area (Å²) >= 11 is 0. The first-order chi connectivity index (χ1) is 17.2. The van der Waals surface area contributed by atoms with Crippen molar-refractivity contribution in [3.8, 4) is 28.5 Å². The van der Waals surface area contributed by atoms with Gasteiger partial charge < -0.3 is 29.2 Å². The van der Waals surface area contributed by atoms with Crippen LogP contribution in [0.2, 0.25) is 0 Å². The molecular weight excluding hydrogens is 446 g/mol. The van der Waals surface area contributed by atoms with E-state index in [9.17, 15) is 0 Å². The van der Waals surface area contributed by atoms with Crippen molar-refractivity contribution < 1.29 is 18.9 Å². The van der Waals surface area contributed by atoms with Crippen LogP contribution in [0, 0.1) is 0 Å². The Labute approximate surface area is 204 Å². The molecule has 0 saturated carbocycles. The van der Waals surface area contributed by atoms with E-state index in [1.165, 1.54) is 5.69 Å². The molecule has 0 spiro atoms. The molecule has 9 nitrogen and oxygen atoms in total. The van der Waals surface area contributed by atoms with Crippen LogP contribution in [-0.4, -0.2) is 62.0 Å². The average molecular weight is 476 g/mol. The van der Waals surface area contributed by atoms with Gasteiger partial charge in [-0.25, -0.2) is 9.97 Å². The topological polar surface area (TPSA) is 82.4 Å². The summed E-state index contributed by atoms with van der Waals surface area (Å²) in [6.45, 7) is 3.88. The molecule has 5 rings (SSSR count). The lowest BCUT2D eigenvalue weighted by Gasteiger charge is -2.28. The van der Waals surface area contributed by atoms with Gasteiger partial charge >= 0.3 is 0 Å². The maximum absolute atomic E-state index is 5.47. The molecule has 1 fully saturated rings. The van der Waals surface area contributed by atoms with Gasteiger partial charge in [-0.15, -0.1) is 0 Å². The quantitative estimate of drug-likeness (QED) is 0.411. The Balaban J connectivity index is 1.38. The zero-order chi connectivity index (χ0) is 24.2. The maximum Gasteiger partial charge on any atom is 0.203 e. The largest absolute Gasteiger partial charge is 0.493 e. The van der Waals surface area contributed by atoms with Gasteiger partial charge in [-0.1, -0.05) is 12.1 Å². The minimum Gasteiger partial charge on any atom is -0.493 e. The van der Waals surface area contributed by atoms with E-state index in [0.29, 0.717) is 29.6 Å². The Morgan fingerprint density at radius 1 is 0.943 bits per heavy atom. The van der Waals surface area contributed by atoms with Crippen LogP contribution >= 0.6 is 0 Å². The van der Waals surface area contributed by atoms with Crippen molar-refractivity contribution in [2.75, 3.05) is 57.8 Å². The molecule has 0 aliphatic carbocycles. The van der Waals surface area contributed by atoms with Gasteiger partial charge in [-0.05, 0) is 29.8 Å². The van der Waals surface area contributed by atoms with E-state index in [0.717, 1.165) is 48.8 Å². The minimum absolute atomic E-state index is 0.514. The van der Waals surface area contributed by atoms with Crippen molar-refractivity contribution >= 4 is 17.2 Å². The summed E-state index contributed by atoms with van der Waals surface area (Å²) in [4.78, 5) is 11.6. The number of imidazole rings is 1. The van der Waals surface area contributed by atoms with Crippen LogP contribution in [0.5, 0.6) is 17.2 Å². The Morgan fingerprint density at radius 2 is 1.66 bits per heavy atom. The lowest BCUT2D eigenvalue weighted by atomic mass is 10.1. The van der Waals surface area contributed by atoms with Gasteiger partial charge in [0.05, 0.1) is 46.4 Å².